The molecule has 138 valence electrons. The van der Waals surface area contributed by atoms with E-state index in [0.29, 0.717) is 0 Å². The average Bonchev–Trinajstić information content (AvgIpc) is 2.88. The Balaban J connectivity index is 0.00000288. The number of nitrogens with one attached hydrogen (secondary N) is 2. The number of rotatable bonds is 7. The molecule has 1 fully saturated rings. The molecule has 1 aliphatic rings. The average molecular weight is 450 g/mol. The minimum Gasteiger partial charge on any atom is -0.379 e. The van der Waals surface area contributed by atoms with Gasteiger partial charge in [0.05, 0.1) is 18.9 Å². The molecule has 0 saturated carbocycles. The number of nitrogens with zero attached hydrogens (tertiary/aromatic N) is 4. The first-order chi connectivity index (χ1) is 11.2. The van der Waals surface area contributed by atoms with Gasteiger partial charge in [-0.3, -0.25) is 14.6 Å². The Morgan fingerprint density at radius 2 is 1.92 bits per heavy atom. The van der Waals surface area contributed by atoms with Crippen molar-refractivity contribution in [1.82, 2.24) is 25.3 Å². The van der Waals surface area contributed by atoms with Crippen molar-refractivity contribution >= 4 is 29.9 Å². The molecule has 24 heavy (non-hydrogen) atoms. The van der Waals surface area contributed by atoms with Gasteiger partial charge in [-0.25, -0.2) is 0 Å². The molecule has 0 radical (unpaired) electrons. The van der Waals surface area contributed by atoms with Crippen LogP contribution in [0, 0.1) is 13.8 Å². The molecule has 0 aliphatic carbocycles. The van der Waals surface area contributed by atoms with Crippen LogP contribution in [0.3, 0.4) is 0 Å². The van der Waals surface area contributed by atoms with Crippen LogP contribution in [0.15, 0.2) is 11.1 Å². The number of guanidine groups is 1. The van der Waals surface area contributed by atoms with E-state index in [1.807, 2.05) is 14.0 Å². The van der Waals surface area contributed by atoms with Gasteiger partial charge in [-0.1, -0.05) is 0 Å². The zero-order chi connectivity index (χ0) is 16.5. The largest absolute Gasteiger partial charge is 0.379 e. The van der Waals surface area contributed by atoms with Crippen LogP contribution in [0.2, 0.25) is 0 Å². The molecule has 0 aromatic carbocycles. The number of aliphatic imine (C=N–C) groups is 1. The Bertz CT molecular complexity index is 499. The first kappa shape index (κ1) is 21.2. The van der Waals surface area contributed by atoms with Crippen molar-refractivity contribution in [1.29, 1.82) is 0 Å². The van der Waals surface area contributed by atoms with Gasteiger partial charge in [-0.2, -0.15) is 5.10 Å². The summed E-state index contributed by atoms with van der Waals surface area (Å²) >= 11 is 0. The summed E-state index contributed by atoms with van der Waals surface area (Å²) in [7, 11) is 1.81. The molecule has 7 nitrogen and oxygen atoms in total. The van der Waals surface area contributed by atoms with E-state index in [1.165, 1.54) is 5.69 Å². The second-order valence-electron chi connectivity index (χ2n) is 5.88. The topological polar surface area (TPSA) is 66.7 Å². The van der Waals surface area contributed by atoms with Gasteiger partial charge >= 0.3 is 0 Å². The van der Waals surface area contributed by atoms with Crippen LogP contribution in [0.5, 0.6) is 0 Å². The smallest absolute Gasteiger partial charge is 0.191 e. The van der Waals surface area contributed by atoms with Crippen molar-refractivity contribution in [3.8, 4) is 0 Å². The fourth-order valence-corrected chi connectivity index (χ4v) is 2.71. The molecule has 2 heterocycles. The van der Waals surface area contributed by atoms with E-state index in [0.717, 1.165) is 70.6 Å². The maximum Gasteiger partial charge on any atom is 0.191 e. The SMILES string of the molecule is CN=C(NCCCn1nc(C)cc1C)NCCN1CCOCC1.I. The predicted octanol–water partition coefficient (Wildman–Crippen LogP) is 1.01. The molecular formula is C16H31IN6O. The van der Waals surface area contributed by atoms with E-state index >= 15 is 0 Å². The van der Waals surface area contributed by atoms with Crippen molar-refractivity contribution in [2.24, 2.45) is 4.99 Å². The number of hydrogen-bond acceptors (Lipinski definition) is 4. The third-order valence-electron chi connectivity index (χ3n) is 3.99. The van der Waals surface area contributed by atoms with Crippen LogP contribution >= 0.6 is 24.0 Å². The summed E-state index contributed by atoms with van der Waals surface area (Å²) in [6.07, 6.45) is 1.02. The zero-order valence-electron chi connectivity index (χ0n) is 15.0. The number of hydrogen-bond donors (Lipinski definition) is 2. The highest BCUT2D eigenvalue weighted by molar-refractivity contribution is 14.0. The van der Waals surface area contributed by atoms with Crippen LogP contribution in [-0.2, 0) is 11.3 Å². The second kappa shape index (κ2) is 11.6. The lowest BCUT2D eigenvalue weighted by Crippen LogP contribution is -2.44. The Labute approximate surface area is 162 Å². The molecule has 1 aliphatic heterocycles. The maximum atomic E-state index is 5.35. The number of aromatic nitrogens is 2. The standard InChI is InChI=1S/C16H30N6O.HI/c1-14-13-15(2)22(20-14)7-4-5-18-16(17-3)19-6-8-21-9-11-23-12-10-21;/h13H,4-12H2,1-3H3,(H2,17,18,19);1H. The van der Waals surface area contributed by atoms with E-state index in [1.54, 1.807) is 0 Å². The van der Waals surface area contributed by atoms with Gasteiger partial charge in [0.25, 0.3) is 0 Å². The number of halogens is 1. The van der Waals surface area contributed by atoms with Gasteiger partial charge in [-0.05, 0) is 26.3 Å². The lowest BCUT2D eigenvalue weighted by molar-refractivity contribution is 0.0389. The fourth-order valence-electron chi connectivity index (χ4n) is 2.71. The fraction of sp³-hybridized carbons (Fsp3) is 0.750. The summed E-state index contributed by atoms with van der Waals surface area (Å²) in [5.41, 5.74) is 2.30. The highest BCUT2D eigenvalue weighted by atomic mass is 127. The Kier molecular flexibility index (Phi) is 10.3. The van der Waals surface area contributed by atoms with Crippen LogP contribution in [0.4, 0.5) is 0 Å². The molecule has 1 saturated heterocycles. The van der Waals surface area contributed by atoms with E-state index in [2.05, 4.69) is 43.3 Å². The number of ether oxygens (including phenoxy) is 1. The second-order valence-corrected chi connectivity index (χ2v) is 5.88. The highest BCUT2D eigenvalue weighted by Gasteiger charge is 2.09. The van der Waals surface area contributed by atoms with Crippen molar-refractivity contribution in [2.45, 2.75) is 26.8 Å². The zero-order valence-corrected chi connectivity index (χ0v) is 17.4. The van der Waals surface area contributed by atoms with Crippen LogP contribution < -0.4 is 10.6 Å². The van der Waals surface area contributed by atoms with Crippen LogP contribution in [0.1, 0.15) is 17.8 Å². The highest BCUT2D eigenvalue weighted by Crippen LogP contribution is 2.02. The number of aryl methyl sites for hydroxylation is 3. The van der Waals surface area contributed by atoms with Crippen LogP contribution in [-0.4, -0.2) is 73.6 Å². The molecule has 0 atom stereocenters. The van der Waals surface area contributed by atoms with Crippen molar-refractivity contribution in [3.05, 3.63) is 17.5 Å². The molecule has 0 spiro atoms. The van der Waals surface area contributed by atoms with Gasteiger partial charge in [0.2, 0.25) is 0 Å². The molecule has 1 aromatic rings. The summed E-state index contributed by atoms with van der Waals surface area (Å²) in [5.74, 6) is 0.867. The number of morpholine rings is 1. The van der Waals surface area contributed by atoms with Gasteiger partial charge in [0.15, 0.2) is 5.96 Å². The summed E-state index contributed by atoms with van der Waals surface area (Å²) < 4.78 is 7.42. The Morgan fingerprint density at radius 3 is 2.54 bits per heavy atom. The van der Waals surface area contributed by atoms with Gasteiger partial charge in [-0.15, -0.1) is 24.0 Å². The van der Waals surface area contributed by atoms with Gasteiger partial charge in [0, 0.05) is 52.0 Å². The molecule has 2 rings (SSSR count). The quantitative estimate of drug-likeness (QED) is 0.281. The van der Waals surface area contributed by atoms with E-state index in [4.69, 9.17) is 4.74 Å². The molecule has 1 aromatic heterocycles. The molecule has 0 unspecified atom stereocenters. The Hall–Kier alpha value is -0.870. The molecular weight excluding hydrogens is 419 g/mol. The molecule has 0 bridgehead atoms. The lowest BCUT2D eigenvalue weighted by Gasteiger charge is -2.26. The van der Waals surface area contributed by atoms with E-state index < -0.39 is 0 Å². The minimum absolute atomic E-state index is 0. The Morgan fingerprint density at radius 1 is 1.21 bits per heavy atom. The van der Waals surface area contributed by atoms with Crippen molar-refractivity contribution in [2.75, 3.05) is 53.0 Å². The third kappa shape index (κ3) is 7.35. The molecule has 2 N–H and O–H groups in total. The monoisotopic (exact) mass is 450 g/mol. The maximum absolute atomic E-state index is 5.35. The van der Waals surface area contributed by atoms with Gasteiger partial charge < -0.3 is 15.4 Å². The first-order valence-corrected chi connectivity index (χ1v) is 8.44. The first-order valence-electron chi connectivity index (χ1n) is 8.44. The minimum atomic E-state index is 0. The van der Waals surface area contributed by atoms with Crippen molar-refractivity contribution < 1.29 is 4.74 Å². The third-order valence-corrected chi connectivity index (χ3v) is 3.99. The summed E-state index contributed by atoms with van der Waals surface area (Å²) in [6.45, 7) is 11.6. The summed E-state index contributed by atoms with van der Waals surface area (Å²) in [4.78, 5) is 6.68. The van der Waals surface area contributed by atoms with E-state index in [-0.39, 0.29) is 24.0 Å². The lowest BCUT2D eigenvalue weighted by atomic mass is 10.4. The summed E-state index contributed by atoms with van der Waals surface area (Å²) in [6, 6.07) is 2.11. The predicted molar refractivity (Wildman–Crippen MR) is 108 cm³/mol. The van der Waals surface area contributed by atoms with E-state index in [9.17, 15) is 0 Å². The normalized spacial score (nSPS) is 15.9. The van der Waals surface area contributed by atoms with Gasteiger partial charge in [0.1, 0.15) is 0 Å². The molecule has 8 heteroatoms. The molecule has 0 amide bonds. The van der Waals surface area contributed by atoms with Crippen molar-refractivity contribution in [3.63, 3.8) is 0 Å². The summed E-state index contributed by atoms with van der Waals surface area (Å²) in [5, 5.41) is 11.2. The van der Waals surface area contributed by atoms with Crippen LogP contribution in [0.25, 0.3) is 0 Å².